The minimum atomic E-state index is -0.123. The van der Waals surface area contributed by atoms with Crippen LogP contribution in [-0.2, 0) is 9.53 Å². The number of hydrogen-bond acceptors (Lipinski definition) is 5. The molecular weight excluding hydrogens is 314 g/mol. The van der Waals surface area contributed by atoms with Crippen molar-refractivity contribution >= 4 is 11.7 Å². The SMILES string of the molecule is O=C1OC(CCN2CCN(c3cccnc3)CC2)CC12CCCCC2. The molecule has 0 aromatic carbocycles. The highest BCUT2D eigenvalue weighted by molar-refractivity contribution is 5.79. The third kappa shape index (κ3) is 3.66. The number of aromatic nitrogens is 1. The second kappa shape index (κ2) is 7.32. The number of pyridine rings is 1. The highest BCUT2D eigenvalue weighted by Gasteiger charge is 2.48. The molecule has 0 radical (unpaired) electrons. The molecule has 0 amide bonds. The number of esters is 1. The van der Waals surface area contributed by atoms with Gasteiger partial charge in [-0.2, -0.15) is 0 Å². The van der Waals surface area contributed by atoms with Gasteiger partial charge >= 0.3 is 5.97 Å². The lowest BCUT2D eigenvalue weighted by molar-refractivity contribution is -0.150. The van der Waals surface area contributed by atoms with E-state index < -0.39 is 0 Å². The van der Waals surface area contributed by atoms with Crippen molar-refractivity contribution in [3.63, 3.8) is 0 Å². The smallest absolute Gasteiger partial charge is 0.312 e. The zero-order valence-corrected chi connectivity index (χ0v) is 15.0. The molecule has 1 unspecified atom stereocenters. The summed E-state index contributed by atoms with van der Waals surface area (Å²) < 4.78 is 5.75. The predicted molar refractivity (Wildman–Crippen MR) is 97.5 cm³/mol. The van der Waals surface area contributed by atoms with E-state index in [-0.39, 0.29) is 17.5 Å². The van der Waals surface area contributed by atoms with Gasteiger partial charge in [0, 0.05) is 45.3 Å². The van der Waals surface area contributed by atoms with Crippen molar-refractivity contribution in [1.29, 1.82) is 0 Å². The van der Waals surface area contributed by atoms with E-state index in [1.165, 1.54) is 24.9 Å². The van der Waals surface area contributed by atoms with Gasteiger partial charge in [-0.05, 0) is 31.4 Å². The molecule has 1 saturated carbocycles. The lowest BCUT2D eigenvalue weighted by Gasteiger charge is -2.36. The highest BCUT2D eigenvalue weighted by atomic mass is 16.6. The normalized spacial score (nSPS) is 26.8. The van der Waals surface area contributed by atoms with Crippen molar-refractivity contribution in [3.05, 3.63) is 24.5 Å². The quantitative estimate of drug-likeness (QED) is 0.787. The fourth-order valence-electron chi connectivity index (χ4n) is 4.73. The van der Waals surface area contributed by atoms with Crippen LogP contribution in [0.15, 0.2) is 24.5 Å². The molecule has 1 atom stereocenters. The Morgan fingerprint density at radius 2 is 1.96 bits per heavy atom. The minimum Gasteiger partial charge on any atom is -0.462 e. The average Bonchev–Trinajstić information content (AvgIpc) is 2.97. The summed E-state index contributed by atoms with van der Waals surface area (Å²) in [7, 11) is 0. The van der Waals surface area contributed by atoms with E-state index in [1.807, 2.05) is 18.5 Å². The molecule has 3 heterocycles. The largest absolute Gasteiger partial charge is 0.462 e. The summed E-state index contributed by atoms with van der Waals surface area (Å²) >= 11 is 0. The summed E-state index contributed by atoms with van der Waals surface area (Å²) in [6, 6.07) is 4.13. The number of hydrogen-bond donors (Lipinski definition) is 0. The van der Waals surface area contributed by atoms with E-state index >= 15 is 0 Å². The third-order valence-corrected chi connectivity index (χ3v) is 6.29. The standard InChI is InChI=1S/C20H29N3O2/c24-19-20(7-2-1-3-8-20)15-18(25-19)6-10-22-11-13-23(14-12-22)17-5-4-9-21-16-17/h4-5,9,16,18H,1-3,6-8,10-15H2. The Labute approximate surface area is 150 Å². The number of ether oxygens (including phenoxy) is 1. The van der Waals surface area contributed by atoms with Gasteiger partial charge in [-0.1, -0.05) is 19.3 Å². The fourth-order valence-corrected chi connectivity index (χ4v) is 4.73. The molecule has 5 nitrogen and oxygen atoms in total. The van der Waals surface area contributed by atoms with Gasteiger partial charge in [0.1, 0.15) is 6.10 Å². The second-order valence-corrected chi connectivity index (χ2v) is 7.90. The summed E-state index contributed by atoms with van der Waals surface area (Å²) in [5, 5.41) is 0. The summed E-state index contributed by atoms with van der Waals surface area (Å²) in [6.07, 6.45) is 11.6. The van der Waals surface area contributed by atoms with Crippen LogP contribution in [0.2, 0.25) is 0 Å². The van der Waals surface area contributed by atoms with E-state index in [0.29, 0.717) is 0 Å². The van der Waals surface area contributed by atoms with Crippen LogP contribution in [0, 0.1) is 5.41 Å². The lowest BCUT2D eigenvalue weighted by atomic mass is 9.72. The van der Waals surface area contributed by atoms with Crippen molar-refractivity contribution in [2.24, 2.45) is 5.41 Å². The Hall–Kier alpha value is -1.62. The van der Waals surface area contributed by atoms with E-state index in [2.05, 4.69) is 20.9 Å². The van der Waals surface area contributed by atoms with Crippen LogP contribution in [0.1, 0.15) is 44.9 Å². The highest BCUT2D eigenvalue weighted by Crippen LogP contribution is 2.46. The first kappa shape index (κ1) is 16.8. The van der Waals surface area contributed by atoms with E-state index in [1.54, 1.807) is 0 Å². The van der Waals surface area contributed by atoms with Crippen LogP contribution in [0.3, 0.4) is 0 Å². The first-order valence-corrected chi connectivity index (χ1v) is 9.84. The fraction of sp³-hybridized carbons (Fsp3) is 0.700. The van der Waals surface area contributed by atoms with E-state index in [0.717, 1.165) is 58.4 Å². The maximum absolute atomic E-state index is 12.4. The number of anilines is 1. The van der Waals surface area contributed by atoms with Crippen molar-refractivity contribution in [2.45, 2.75) is 51.0 Å². The summed E-state index contributed by atoms with van der Waals surface area (Å²) in [5.41, 5.74) is 1.09. The molecular formula is C20H29N3O2. The zero-order valence-electron chi connectivity index (χ0n) is 15.0. The molecule has 25 heavy (non-hydrogen) atoms. The number of carbonyl (C=O) groups excluding carboxylic acids is 1. The van der Waals surface area contributed by atoms with Crippen LogP contribution in [0.4, 0.5) is 5.69 Å². The summed E-state index contributed by atoms with van der Waals surface area (Å²) in [5.74, 6) is 0.0959. The molecule has 136 valence electrons. The minimum absolute atomic E-state index is 0.0959. The Kier molecular flexibility index (Phi) is 4.93. The Bertz CT molecular complexity index is 578. The van der Waals surface area contributed by atoms with Gasteiger partial charge in [0.05, 0.1) is 17.3 Å². The van der Waals surface area contributed by atoms with Gasteiger partial charge in [-0.25, -0.2) is 0 Å². The maximum atomic E-state index is 12.4. The molecule has 1 aromatic rings. The Morgan fingerprint density at radius 1 is 1.16 bits per heavy atom. The molecule has 2 saturated heterocycles. The van der Waals surface area contributed by atoms with E-state index in [9.17, 15) is 4.79 Å². The zero-order chi connectivity index (χ0) is 17.1. The average molecular weight is 343 g/mol. The molecule has 1 aromatic heterocycles. The summed E-state index contributed by atoms with van der Waals surface area (Å²) in [4.78, 5) is 21.5. The first-order chi connectivity index (χ1) is 12.3. The Balaban J connectivity index is 1.23. The molecule has 1 spiro atoms. The lowest BCUT2D eigenvalue weighted by Crippen LogP contribution is -2.47. The Morgan fingerprint density at radius 3 is 2.68 bits per heavy atom. The monoisotopic (exact) mass is 343 g/mol. The van der Waals surface area contributed by atoms with Gasteiger partial charge in [0.15, 0.2) is 0 Å². The van der Waals surface area contributed by atoms with Gasteiger partial charge < -0.3 is 9.64 Å². The maximum Gasteiger partial charge on any atom is 0.312 e. The molecule has 1 aliphatic carbocycles. The number of rotatable bonds is 4. The molecule has 5 heteroatoms. The van der Waals surface area contributed by atoms with Gasteiger partial charge in [0.25, 0.3) is 0 Å². The van der Waals surface area contributed by atoms with Gasteiger partial charge in [0.2, 0.25) is 0 Å². The van der Waals surface area contributed by atoms with Crippen LogP contribution >= 0.6 is 0 Å². The number of carbonyl (C=O) groups is 1. The van der Waals surface area contributed by atoms with Crippen molar-refractivity contribution in [1.82, 2.24) is 9.88 Å². The van der Waals surface area contributed by atoms with Crippen molar-refractivity contribution in [3.8, 4) is 0 Å². The van der Waals surface area contributed by atoms with E-state index in [4.69, 9.17) is 4.74 Å². The summed E-state index contributed by atoms with van der Waals surface area (Å²) in [6.45, 7) is 5.26. The van der Waals surface area contributed by atoms with Crippen LogP contribution in [0.5, 0.6) is 0 Å². The number of cyclic esters (lactones) is 1. The molecule has 2 aliphatic heterocycles. The second-order valence-electron chi connectivity index (χ2n) is 7.90. The van der Waals surface area contributed by atoms with Gasteiger partial charge in [-0.3, -0.25) is 14.7 Å². The molecule has 3 fully saturated rings. The predicted octanol–water partition coefficient (Wildman–Crippen LogP) is 2.86. The molecule has 3 aliphatic rings. The van der Waals surface area contributed by atoms with Crippen molar-refractivity contribution < 1.29 is 9.53 Å². The van der Waals surface area contributed by atoms with Crippen LogP contribution < -0.4 is 4.90 Å². The molecule has 4 rings (SSSR count). The van der Waals surface area contributed by atoms with Gasteiger partial charge in [-0.15, -0.1) is 0 Å². The number of nitrogens with zero attached hydrogens (tertiary/aromatic N) is 3. The van der Waals surface area contributed by atoms with Crippen molar-refractivity contribution in [2.75, 3.05) is 37.6 Å². The number of piperazine rings is 1. The topological polar surface area (TPSA) is 45.7 Å². The molecule has 0 bridgehead atoms. The van der Waals surface area contributed by atoms with Crippen LogP contribution in [-0.4, -0.2) is 54.7 Å². The van der Waals surface area contributed by atoms with Crippen LogP contribution in [0.25, 0.3) is 0 Å². The molecule has 0 N–H and O–H groups in total. The first-order valence-electron chi connectivity index (χ1n) is 9.84. The third-order valence-electron chi connectivity index (χ3n) is 6.29.